The molecule has 49 heavy (non-hydrogen) atoms. The van der Waals surface area contributed by atoms with E-state index in [9.17, 15) is 14.4 Å². The summed E-state index contributed by atoms with van der Waals surface area (Å²) in [5.74, 6) is -0.686. The van der Waals surface area contributed by atoms with Gasteiger partial charge in [0.05, 0.1) is 19.3 Å². The molecule has 0 saturated carbocycles. The first-order chi connectivity index (χ1) is 23.6. The van der Waals surface area contributed by atoms with Crippen LogP contribution in [-0.4, -0.2) is 137 Å². The lowest BCUT2D eigenvalue weighted by Gasteiger charge is -2.13. The molecular formula is C25H40N18O6. The van der Waals surface area contributed by atoms with E-state index >= 15 is 0 Å². The third-order valence-electron chi connectivity index (χ3n) is 5.69. The first-order valence-electron chi connectivity index (χ1n) is 15.1. The van der Waals surface area contributed by atoms with Gasteiger partial charge in [-0.05, 0) is 6.92 Å². The van der Waals surface area contributed by atoms with Crippen LogP contribution < -0.4 is 48.3 Å². The first kappa shape index (κ1) is 37.3. The Bertz CT molecular complexity index is 1530. The third-order valence-corrected chi connectivity index (χ3v) is 5.69. The second-order valence-electron chi connectivity index (χ2n) is 9.78. The first-order valence-corrected chi connectivity index (χ1v) is 15.1. The summed E-state index contributed by atoms with van der Waals surface area (Å²) in [6, 6.07) is 0. The van der Waals surface area contributed by atoms with Gasteiger partial charge in [-0.25, -0.2) is 0 Å². The Hall–Kier alpha value is -6.20. The topological polar surface area (TPSA) is 350 Å². The van der Waals surface area contributed by atoms with Crippen molar-refractivity contribution in [1.82, 2.24) is 44.9 Å². The maximum Gasteiger partial charge on any atom is 0.305 e. The van der Waals surface area contributed by atoms with E-state index in [2.05, 4.69) is 87.4 Å². The largest absolute Gasteiger partial charge is 0.481 e. The molecule has 0 aliphatic rings. The Morgan fingerprint density at radius 1 is 0.429 bits per heavy atom. The summed E-state index contributed by atoms with van der Waals surface area (Å²) in [7, 11) is 0. The smallest absolute Gasteiger partial charge is 0.305 e. The Morgan fingerprint density at radius 3 is 0.898 bits per heavy atom. The number of anilines is 8. The van der Waals surface area contributed by atoms with Gasteiger partial charge in [-0.1, -0.05) is 0 Å². The molecule has 0 amide bonds. The second kappa shape index (κ2) is 20.1. The van der Waals surface area contributed by atoms with Gasteiger partial charge in [0.25, 0.3) is 0 Å². The Labute approximate surface area is 279 Å². The van der Waals surface area contributed by atoms with Crippen LogP contribution in [0.1, 0.15) is 25.1 Å². The number of carboxylic acids is 3. The molecule has 24 nitrogen and oxygen atoms in total. The number of aryl methyl sites for hydroxylation is 1. The number of nitrogens with one attached hydrogen (secondary N) is 8. The summed E-state index contributed by atoms with van der Waals surface area (Å²) in [5, 5.41) is 50.5. The number of hydrogen-bond donors (Lipinski definition) is 12. The zero-order valence-electron chi connectivity index (χ0n) is 26.7. The molecule has 0 aliphatic heterocycles. The van der Waals surface area contributed by atoms with Crippen LogP contribution in [0.2, 0.25) is 0 Å². The van der Waals surface area contributed by atoms with Crippen LogP contribution in [-0.2, 0) is 14.4 Å². The number of carbonyl (C=O) groups is 3. The predicted molar refractivity (Wildman–Crippen MR) is 178 cm³/mol. The van der Waals surface area contributed by atoms with Gasteiger partial charge < -0.3 is 63.6 Å². The molecule has 3 aromatic heterocycles. The molecule has 0 saturated heterocycles. The fraction of sp³-hybridized carbons (Fsp3) is 0.520. The molecule has 0 aliphatic carbocycles. The van der Waals surface area contributed by atoms with E-state index in [1.54, 1.807) is 6.92 Å². The third kappa shape index (κ3) is 15.3. The number of nitrogens with two attached hydrogens (primary N) is 1. The van der Waals surface area contributed by atoms with Crippen LogP contribution in [0.25, 0.3) is 0 Å². The van der Waals surface area contributed by atoms with Crippen molar-refractivity contribution in [2.24, 2.45) is 5.73 Å². The minimum atomic E-state index is -0.982. The van der Waals surface area contributed by atoms with Gasteiger partial charge in [-0.15, -0.1) is 0 Å². The minimum Gasteiger partial charge on any atom is -0.481 e. The molecule has 3 aromatic rings. The average molecular weight is 689 g/mol. The number of aromatic nitrogens is 9. The summed E-state index contributed by atoms with van der Waals surface area (Å²) in [6.45, 7) is 4.11. The van der Waals surface area contributed by atoms with Crippen molar-refractivity contribution in [2.75, 3.05) is 101 Å². The van der Waals surface area contributed by atoms with Crippen LogP contribution >= 0.6 is 0 Å². The van der Waals surface area contributed by atoms with Crippen LogP contribution in [0, 0.1) is 6.92 Å². The van der Waals surface area contributed by atoms with E-state index in [1.165, 1.54) is 0 Å². The van der Waals surface area contributed by atoms with Crippen molar-refractivity contribution in [1.29, 1.82) is 0 Å². The van der Waals surface area contributed by atoms with Crippen molar-refractivity contribution >= 4 is 65.5 Å². The molecular weight excluding hydrogens is 648 g/mol. The van der Waals surface area contributed by atoms with Gasteiger partial charge >= 0.3 is 17.9 Å². The van der Waals surface area contributed by atoms with E-state index < -0.39 is 17.9 Å². The van der Waals surface area contributed by atoms with Crippen molar-refractivity contribution < 1.29 is 29.7 Å². The van der Waals surface area contributed by atoms with Crippen LogP contribution in [0.15, 0.2) is 0 Å². The highest BCUT2D eigenvalue weighted by molar-refractivity contribution is 5.68. The molecule has 0 aromatic carbocycles. The number of rotatable bonds is 25. The van der Waals surface area contributed by atoms with Crippen molar-refractivity contribution in [3.8, 4) is 0 Å². The van der Waals surface area contributed by atoms with Crippen LogP contribution in [0.3, 0.4) is 0 Å². The SMILES string of the molecule is Cc1nc(NCCNc2nc(NCCNc3nc(NCCN)nc(NCCC(=O)O)n3)nc(NCCC(=O)O)n2)nc(NCCC(=O)O)n1. The molecule has 266 valence electrons. The molecule has 13 N–H and O–H groups in total. The van der Waals surface area contributed by atoms with Crippen molar-refractivity contribution in [3.63, 3.8) is 0 Å². The highest BCUT2D eigenvalue weighted by atomic mass is 16.4. The summed E-state index contributed by atoms with van der Waals surface area (Å²) in [5.41, 5.74) is 5.55. The summed E-state index contributed by atoms with van der Waals surface area (Å²) in [4.78, 5) is 70.9. The van der Waals surface area contributed by atoms with Crippen molar-refractivity contribution in [2.45, 2.75) is 26.2 Å². The van der Waals surface area contributed by atoms with E-state index in [0.29, 0.717) is 45.1 Å². The van der Waals surface area contributed by atoms with E-state index in [0.717, 1.165) is 0 Å². The molecule has 3 rings (SSSR count). The standard InChI is InChI=1S/C25H40N18O6/c1-14-35-18(27-6-2-15(44)45)37-19(36-14)31-10-11-32-24-40-21(29-8-4-17(48)49)41-25(43-24)34-13-12-33-23-39-20(28-7-3-16(46)47)38-22(42-23)30-9-5-26/h2-13,26H2,1H3,(H,44,45)(H,46,47)(H,48,49)(H2,27,31,35,36,37)(H3,28,30,33,38,39,42)(H3,29,32,34,40,41,43). The molecule has 0 bridgehead atoms. The second-order valence-corrected chi connectivity index (χ2v) is 9.78. The van der Waals surface area contributed by atoms with Crippen LogP contribution in [0.5, 0.6) is 0 Å². The Morgan fingerprint density at radius 2 is 0.653 bits per heavy atom. The van der Waals surface area contributed by atoms with Gasteiger partial charge in [0, 0.05) is 58.9 Å². The number of carboxylic acid groups (broad SMARTS) is 3. The Kier molecular flexibility index (Phi) is 15.3. The van der Waals surface area contributed by atoms with Gasteiger partial charge in [-0.2, -0.15) is 44.9 Å². The molecule has 24 heteroatoms. The highest BCUT2D eigenvalue weighted by Gasteiger charge is 2.10. The zero-order valence-corrected chi connectivity index (χ0v) is 26.7. The summed E-state index contributed by atoms with van der Waals surface area (Å²) >= 11 is 0. The minimum absolute atomic E-state index is 0.0889. The van der Waals surface area contributed by atoms with Crippen LogP contribution in [0.4, 0.5) is 47.6 Å². The van der Waals surface area contributed by atoms with Gasteiger partial charge in [-0.3, -0.25) is 14.4 Å². The molecule has 0 fully saturated rings. The molecule has 0 radical (unpaired) electrons. The predicted octanol–water partition coefficient (Wildman–Crippen LogP) is -1.37. The van der Waals surface area contributed by atoms with E-state index in [1.807, 2.05) is 0 Å². The lowest BCUT2D eigenvalue weighted by molar-refractivity contribution is -0.137. The molecule has 0 atom stereocenters. The lowest BCUT2D eigenvalue weighted by Crippen LogP contribution is -2.21. The number of aliphatic carboxylic acids is 3. The number of nitrogens with zero attached hydrogens (tertiary/aromatic N) is 9. The highest BCUT2D eigenvalue weighted by Crippen LogP contribution is 2.11. The summed E-state index contributed by atoms with van der Waals surface area (Å²) in [6.07, 6.45) is -0.358. The van der Waals surface area contributed by atoms with Crippen molar-refractivity contribution in [3.05, 3.63) is 5.82 Å². The fourth-order valence-corrected chi connectivity index (χ4v) is 3.59. The molecule has 3 heterocycles. The lowest BCUT2D eigenvalue weighted by atomic mass is 10.4. The number of hydrogen-bond acceptors (Lipinski definition) is 21. The normalized spacial score (nSPS) is 10.5. The monoisotopic (exact) mass is 688 g/mol. The average Bonchev–Trinajstić information content (AvgIpc) is 3.03. The molecule has 0 spiro atoms. The summed E-state index contributed by atoms with van der Waals surface area (Å²) < 4.78 is 0. The molecule has 0 unspecified atom stereocenters. The van der Waals surface area contributed by atoms with Gasteiger partial charge in [0.1, 0.15) is 5.82 Å². The fourth-order valence-electron chi connectivity index (χ4n) is 3.59. The van der Waals surface area contributed by atoms with Gasteiger partial charge in [0.15, 0.2) is 0 Å². The maximum atomic E-state index is 11.0. The zero-order chi connectivity index (χ0) is 35.4. The van der Waals surface area contributed by atoms with E-state index in [-0.39, 0.29) is 86.5 Å². The van der Waals surface area contributed by atoms with Gasteiger partial charge in [0.2, 0.25) is 47.6 Å². The maximum absolute atomic E-state index is 11.0. The van der Waals surface area contributed by atoms with E-state index in [4.69, 9.17) is 21.1 Å². The quantitative estimate of drug-likeness (QED) is 0.0456. The Balaban J connectivity index is 1.58.